The second kappa shape index (κ2) is 10.1. The second-order valence-corrected chi connectivity index (χ2v) is 9.31. The van der Waals surface area contributed by atoms with Gasteiger partial charge in [-0.3, -0.25) is 9.48 Å². The Bertz CT molecular complexity index is 1310. The van der Waals surface area contributed by atoms with E-state index in [1.807, 2.05) is 38.1 Å². The van der Waals surface area contributed by atoms with Gasteiger partial charge in [-0.2, -0.15) is 14.7 Å². The zero-order chi connectivity index (χ0) is 24.4. The predicted molar refractivity (Wildman–Crippen MR) is 137 cm³/mol. The van der Waals surface area contributed by atoms with Crippen molar-refractivity contribution in [2.45, 2.75) is 77.9 Å². The van der Waals surface area contributed by atoms with Gasteiger partial charge >= 0.3 is 0 Å². The van der Waals surface area contributed by atoms with E-state index in [0.29, 0.717) is 28.8 Å². The predicted octanol–water partition coefficient (Wildman–Crippen LogP) is 6.04. The van der Waals surface area contributed by atoms with Crippen LogP contribution in [0.2, 0.25) is 0 Å². The van der Waals surface area contributed by atoms with Gasteiger partial charge in [-0.1, -0.05) is 27.2 Å². The minimum absolute atomic E-state index is 0.179. The number of fused-ring (bicyclic) bond motifs is 2. The first-order valence-electron chi connectivity index (χ1n) is 13.0. The Balaban J connectivity index is 0.00000124. The lowest BCUT2D eigenvalue weighted by atomic mass is 9.85. The largest absolute Gasteiger partial charge is 0.490 e. The molecular formula is C27H34N6O2. The van der Waals surface area contributed by atoms with Crippen LogP contribution in [0.25, 0.3) is 16.6 Å². The van der Waals surface area contributed by atoms with E-state index in [-0.39, 0.29) is 12.0 Å². The van der Waals surface area contributed by atoms with Gasteiger partial charge < -0.3 is 10.1 Å². The molecule has 8 heteroatoms. The van der Waals surface area contributed by atoms with Gasteiger partial charge in [0, 0.05) is 23.8 Å². The van der Waals surface area contributed by atoms with E-state index >= 15 is 0 Å². The van der Waals surface area contributed by atoms with E-state index in [0.717, 1.165) is 42.5 Å². The molecular weight excluding hydrogens is 440 g/mol. The molecule has 1 amide bonds. The summed E-state index contributed by atoms with van der Waals surface area (Å²) in [6.07, 6.45) is 13.7. The summed E-state index contributed by atoms with van der Waals surface area (Å²) in [7, 11) is 0. The number of carbonyl (C=O) groups is 1. The number of nitrogens with zero attached hydrogens (tertiary/aromatic N) is 5. The standard InChI is InChI=1S/C25H28N6O2.C2H6/c1-2-16-5-7-18(8-6-16)30-15-17-12-20(22(13-21(17)29-30)33-19-9-10-19)25(32)28-24-14-26-23-4-3-11-27-31(23)24;1-2/h3-4,11-16,18-19H,2,5-10H2,1H3,(H,28,32);1-2H3. The van der Waals surface area contributed by atoms with E-state index < -0.39 is 0 Å². The molecule has 0 aliphatic heterocycles. The summed E-state index contributed by atoms with van der Waals surface area (Å²) >= 11 is 0. The number of nitrogens with one attached hydrogen (secondary N) is 1. The maximum absolute atomic E-state index is 13.3. The molecule has 2 aliphatic rings. The Morgan fingerprint density at radius 3 is 2.69 bits per heavy atom. The second-order valence-electron chi connectivity index (χ2n) is 9.31. The van der Waals surface area contributed by atoms with E-state index in [1.165, 1.54) is 19.3 Å². The fourth-order valence-electron chi connectivity index (χ4n) is 4.81. The van der Waals surface area contributed by atoms with E-state index in [2.05, 4.69) is 33.2 Å². The van der Waals surface area contributed by atoms with Crippen molar-refractivity contribution in [1.29, 1.82) is 0 Å². The molecule has 0 spiro atoms. The number of hydrogen-bond acceptors (Lipinski definition) is 5. The van der Waals surface area contributed by atoms with Crippen molar-refractivity contribution in [3.8, 4) is 5.75 Å². The zero-order valence-electron chi connectivity index (χ0n) is 20.8. The van der Waals surface area contributed by atoms with Crippen molar-refractivity contribution in [3.05, 3.63) is 48.4 Å². The molecule has 35 heavy (non-hydrogen) atoms. The van der Waals surface area contributed by atoms with Gasteiger partial charge in [0.15, 0.2) is 11.5 Å². The lowest BCUT2D eigenvalue weighted by Gasteiger charge is -2.27. The molecule has 2 fully saturated rings. The molecule has 0 atom stereocenters. The summed E-state index contributed by atoms with van der Waals surface area (Å²) < 4.78 is 9.85. The number of aromatic nitrogens is 5. The maximum atomic E-state index is 13.3. The number of imidazole rings is 1. The van der Waals surface area contributed by atoms with Crippen molar-refractivity contribution in [2.24, 2.45) is 5.92 Å². The third-order valence-corrected chi connectivity index (χ3v) is 6.97. The molecule has 8 nitrogen and oxygen atoms in total. The Kier molecular flexibility index (Phi) is 6.70. The van der Waals surface area contributed by atoms with Gasteiger partial charge in [-0.25, -0.2) is 4.98 Å². The Hall–Kier alpha value is -3.42. The minimum atomic E-state index is -0.240. The number of amides is 1. The fourth-order valence-corrected chi connectivity index (χ4v) is 4.81. The van der Waals surface area contributed by atoms with E-state index in [4.69, 9.17) is 9.84 Å². The highest BCUT2D eigenvalue weighted by molar-refractivity contribution is 6.08. The van der Waals surface area contributed by atoms with Gasteiger partial charge in [0.25, 0.3) is 5.91 Å². The summed E-state index contributed by atoms with van der Waals surface area (Å²) in [4.78, 5) is 17.6. The van der Waals surface area contributed by atoms with Crippen LogP contribution in [0, 0.1) is 5.92 Å². The van der Waals surface area contributed by atoms with E-state index in [1.54, 1.807) is 16.9 Å². The number of anilines is 1. The molecule has 184 valence electrons. The van der Waals surface area contributed by atoms with Gasteiger partial charge in [-0.05, 0) is 62.6 Å². The summed E-state index contributed by atoms with van der Waals surface area (Å²) in [6, 6.07) is 7.91. The summed E-state index contributed by atoms with van der Waals surface area (Å²) in [5, 5.41) is 13.1. The highest BCUT2D eigenvalue weighted by atomic mass is 16.5. The van der Waals surface area contributed by atoms with Gasteiger partial charge in [-0.15, -0.1) is 0 Å². The molecule has 0 radical (unpaired) electrons. The molecule has 0 unspecified atom stereocenters. The highest BCUT2D eigenvalue weighted by Crippen LogP contribution is 2.36. The van der Waals surface area contributed by atoms with Crippen molar-refractivity contribution in [3.63, 3.8) is 0 Å². The molecule has 1 aromatic carbocycles. The Morgan fingerprint density at radius 2 is 1.94 bits per heavy atom. The van der Waals surface area contributed by atoms with Crippen molar-refractivity contribution < 1.29 is 9.53 Å². The van der Waals surface area contributed by atoms with Crippen LogP contribution >= 0.6 is 0 Å². The fraction of sp³-hybridized carbons (Fsp3) is 0.481. The van der Waals surface area contributed by atoms with Crippen LogP contribution in [0.1, 0.15) is 82.1 Å². The number of hydrogen-bond donors (Lipinski definition) is 1. The zero-order valence-corrected chi connectivity index (χ0v) is 20.8. The average molecular weight is 475 g/mol. The summed E-state index contributed by atoms with van der Waals surface area (Å²) in [6.45, 7) is 6.28. The first-order valence-corrected chi connectivity index (χ1v) is 13.0. The third kappa shape index (κ3) is 4.88. The SMILES string of the molecule is CC.CCC1CCC(n2cc3cc(C(=O)Nc4cnc5cccnn45)c(OC4CC4)cc3n2)CC1. The lowest BCUT2D eigenvalue weighted by molar-refractivity contribution is 0.102. The number of ether oxygens (including phenoxy) is 1. The molecule has 0 saturated heterocycles. The van der Waals surface area contributed by atoms with Crippen LogP contribution in [0.15, 0.2) is 42.9 Å². The highest BCUT2D eigenvalue weighted by Gasteiger charge is 2.28. The number of rotatable bonds is 6. The summed E-state index contributed by atoms with van der Waals surface area (Å²) in [5.41, 5.74) is 2.06. The van der Waals surface area contributed by atoms with Crippen molar-refractivity contribution in [2.75, 3.05) is 5.32 Å². The first-order chi connectivity index (χ1) is 17.2. The van der Waals surface area contributed by atoms with Crippen molar-refractivity contribution in [1.82, 2.24) is 24.4 Å². The topological polar surface area (TPSA) is 86.3 Å². The molecule has 4 aromatic rings. The molecule has 1 N–H and O–H groups in total. The molecule has 3 heterocycles. The van der Waals surface area contributed by atoms with Crippen LogP contribution in [-0.4, -0.2) is 36.4 Å². The van der Waals surface area contributed by atoms with E-state index in [9.17, 15) is 4.79 Å². The first kappa shape index (κ1) is 23.3. The van der Waals surface area contributed by atoms with Gasteiger partial charge in [0.05, 0.1) is 29.4 Å². The number of benzene rings is 1. The minimum Gasteiger partial charge on any atom is -0.490 e. The normalized spacial score (nSPS) is 19.9. The van der Waals surface area contributed by atoms with Crippen molar-refractivity contribution >= 4 is 28.3 Å². The molecule has 2 saturated carbocycles. The van der Waals surface area contributed by atoms with Gasteiger partial charge in [0.2, 0.25) is 0 Å². The average Bonchev–Trinajstić information content (AvgIpc) is 3.48. The van der Waals surface area contributed by atoms with Crippen LogP contribution in [0.4, 0.5) is 5.82 Å². The molecule has 3 aromatic heterocycles. The Morgan fingerprint density at radius 1 is 1.14 bits per heavy atom. The Labute approximate surface area is 205 Å². The maximum Gasteiger partial charge on any atom is 0.260 e. The quantitative estimate of drug-likeness (QED) is 0.368. The van der Waals surface area contributed by atoms with Gasteiger partial charge in [0.1, 0.15) is 5.75 Å². The monoisotopic (exact) mass is 474 g/mol. The van der Waals surface area contributed by atoms with Crippen LogP contribution < -0.4 is 10.1 Å². The lowest BCUT2D eigenvalue weighted by Crippen LogP contribution is -2.18. The third-order valence-electron chi connectivity index (χ3n) is 6.97. The molecule has 6 rings (SSSR count). The molecule has 0 bridgehead atoms. The summed E-state index contributed by atoms with van der Waals surface area (Å²) in [5.74, 6) is 1.71. The number of carbonyl (C=O) groups excluding carboxylic acids is 1. The van der Waals surface area contributed by atoms with Crippen LogP contribution in [-0.2, 0) is 0 Å². The van der Waals surface area contributed by atoms with Crippen LogP contribution in [0.3, 0.4) is 0 Å². The smallest absolute Gasteiger partial charge is 0.260 e. The molecule has 2 aliphatic carbocycles. The van der Waals surface area contributed by atoms with Crippen LogP contribution in [0.5, 0.6) is 5.75 Å².